The fraction of sp³-hybridized carbons (Fsp3) is 0.333. The van der Waals surface area contributed by atoms with Gasteiger partial charge in [-0.15, -0.1) is 0 Å². The minimum atomic E-state index is -0.503. The topological polar surface area (TPSA) is 60.3 Å². The molecule has 5 nitrogen and oxygen atoms in total. The molecular weight excluding hydrogens is 292 g/mol. The molecule has 1 amide bonds. The minimum absolute atomic E-state index is 0.0352. The second-order valence-corrected chi connectivity index (χ2v) is 6.42. The lowest BCUT2D eigenvalue weighted by molar-refractivity contribution is 0.0523. The van der Waals surface area contributed by atoms with E-state index in [1.54, 1.807) is 29.9 Å². The van der Waals surface area contributed by atoms with E-state index in [1.165, 1.54) is 0 Å². The first-order chi connectivity index (χ1) is 10.7. The summed E-state index contributed by atoms with van der Waals surface area (Å²) in [6, 6.07) is 11.2. The van der Waals surface area contributed by atoms with Crippen LogP contribution >= 0.6 is 0 Å². The number of hydrogen-bond donors (Lipinski definition) is 1. The Morgan fingerprint density at radius 3 is 2.26 bits per heavy atom. The van der Waals surface area contributed by atoms with Gasteiger partial charge in [0.25, 0.3) is 0 Å². The number of pyridine rings is 1. The molecule has 2 aromatic rings. The van der Waals surface area contributed by atoms with Crippen molar-refractivity contribution in [1.82, 2.24) is 9.88 Å². The number of carbonyl (C=O) groups is 1. The molecule has 0 unspecified atom stereocenters. The lowest BCUT2D eigenvalue weighted by atomic mass is 10.1. The van der Waals surface area contributed by atoms with Crippen LogP contribution in [0.3, 0.4) is 0 Å². The summed E-state index contributed by atoms with van der Waals surface area (Å²) >= 11 is 0. The van der Waals surface area contributed by atoms with Gasteiger partial charge in [0.2, 0.25) is 5.56 Å². The molecule has 0 aliphatic rings. The Morgan fingerprint density at radius 2 is 1.70 bits per heavy atom. The van der Waals surface area contributed by atoms with E-state index in [9.17, 15) is 9.59 Å². The quantitative estimate of drug-likeness (QED) is 0.947. The van der Waals surface area contributed by atoms with Crippen LogP contribution in [0.2, 0.25) is 0 Å². The third-order valence-corrected chi connectivity index (χ3v) is 3.21. The molecule has 0 spiro atoms. The van der Waals surface area contributed by atoms with Gasteiger partial charge >= 0.3 is 6.09 Å². The van der Waals surface area contributed by atoms with E-state index in [1.807, 2.05) is 45.0 Å². The van der Waals surface area contributed by atoms with Gasteiger partial charge in [-0.3, -0.25) is 4.79 Å². The number of carbonyl (C=O) groups excluding carboxylic acids is 1. The predicted molar refractivity (Wildman–Crippen MR) is 90.2 cm³/mol. The number of benzene rings is 1. The van der Waals surface area contributed by atoms with Crippen LogP contribution in [0.5, 0.6) is 0 Å². The molecule has 1 aromatic carbocycles. The van der Waals surface area contributed by atoms with Crippen molar-refractivity contribution in [2.24, 2.45) is 7.05 Å². The second-order valence-electron chi connectivity index (χ2n) is 6.42. The lowest BCUT2D eigenvalue weighted by Gasteiger charge is -2.19. The Morgan fingerprint density at radius 1 is 1.09 bits per heavy atom. The highest BCUT2D eigenvalue weighted by Gasteiger charge is 2.15. The van der Waals surface area contributed by atoms with Crippen LogP contribution in [0, 0.1) is 0 Å². The molecule has 1 heterocycles. The Hall–Kier alpha value is -2.56. The van der Waals surface area contributed by atoms with E-state index in [-0.39, 0.29) is 5.56 Å². The van der Waals surface area contributed by atoms with Crippen LogP contribution in [-0.2, 0) is 18.3 Å². The fourth-order valence-corrected chi connectivity index (χ4v) is 2.07. The Bertz CT molecular complexity index is 740. The lowest BCUT2D eigenvalue weighted by Crippen LogP contribution is -2.32. The molecule has 0 aliphatic carbocycles. The summed E-state index contributed by atoms with van der Waals surface area (Å²) in [4.78, 5) is 23.0. The monoisotopic (exact) mass is 314 g/mol. The Balaban J connectivity index is 2.01. The largest absolute Gasteiger partial charge is 0.444 e. The number of nitrogens with one attached hydrogen (secondary N) is 1. The van der Waals surface area contributed by atoms with Crippen molar-refractivity contribution >= 4 is 6.09 Å². The van der Waals surface area contributed by atoms with Gasteiger partial charge in [0.1, 0.15) is 5.60 Å². The molecule has 122 valence electrons. The Labute approximate surface area is 135 Å². The van der Waals surface area contributed by atoms with E-state index < -0.39 is 11.7 Å². The normalized spacial score (nSPS) is 11.1. The molecule has 0 saturated carbocycles. The molecule has 23 heavy (non-hydrogen) atoms. The summed E-state index contributed by atoms with van der Waals surface area (Å²) in [7, 11) is 1.73. The number of amides is 1. The van der Waals surface area contributed by atoms with Crippen molar-refractivity contribution in [1.29, 1.82) is 0 Å². The number of nitrogens with zero attached hydrogens (tertiary/aromatic N) is 1. The van der Waals surface area contributed by atoms with Gasteiger partial charge in [-0.2, -0.15) is 0 Å². The van der Waals surface area contributed by atoms with Gasteiger partial charge in [-0.05, 0) is 43.5 Å². The molecule has 0 atom stereocenters. The third kappa shape index (κ3) is 4.98. The number of aromatic nitrogens is 1. The predicted octanol–water partition coefficient (Wildman–Crippen LogP) is 3.08. The second kappa shape index (κ2) is 6.69. The highest BCUT2D eigenvalue weighted by atomic mass is 16.6. The minimum Gasteiger partial charge on any atom is -0.444 e. The molecule has 0 aliphatic heterocycles. The first-order valence-electron chi connectivity index (χ1n) is 7.47. The van der Waals surface area contributed by atoms with Crippen LogP contribution in [-0.4, -0.2) is 16.3 Å². The van der Waals surface area contributed by atoms with E-state index in [4.69, 9.17) is 4.74 Å². The van der Waals surface area contributed by atoms with E-state index in [0.717, 1.165) is 16.7 Å². The number of rotatable bonds is 3. The fourth-order valence-electron chi connectivity index (χ4n) is 2.07. The summed E-state index contributed by atoms with van der Waals surface area (Å²) in [6.07, 6.45) is 1.37. The molecule has 1 N–H and O–H groups in total. The summed E-state index contributed by atoms with van der Waals surface area (Å²) in [5, 5.41) is 2.72. The molecule has 0 radical (unpaired) electrons. The highest BCUT2D eigenvalue weighted by molar-refractivity contribution is 5.68. The molecule has 1 aromatic heterocycles. The zero-order valence-corrected chi connectivity index (χ0v) is 13.9. The van der Waals surface area contributed by atoms with Crippen LogP contribution in [0.25, 0.3) is 11.1 Å². The van der Waals surface area contributed by atoms with E-state index in [2.05, 4.69) is 5.32 Å². The zero-order valence-electron chi connectivity index (χ0n) is 13.9. The SMILES string of the molecule is Cn1cc(-c2ccc(CNC(=O)OC(C)(C)C)cc2)ccc1=O. The maximum atomic E-state index is 11.6. The van der Waals surface area contributed by atoms with E-state index in [0.29, 0.717) is 6.54 Å². The number of alkyl carbamates (subject to hydrolysis) is 1. The molecule has 5 heteroatoms. The summed E-state index contributed by atoms with van der Waals surface area (Å²) < 4.78 is 6.74. The van der Waals surface area contributed by atoms with Crippen molar-refractivity contribution in [3.8, 4) is 11.1 Å². The van der Waals surface area contributed by atoms with Gasteiger partial charge in [-0.1, -0.05) is 24.3 Å². The average molecular weight is 314 g/mol. The van der Waals surface area contributed by atoms with Crippen molar-refractivity contribution in [3.05, 3.63) is 58.5 Å². The van der Waals surface area contributed by atoms with Crippen LogP contribution in [0.15, 0.2) is 47.4 Å². The van der Waals surface area contributed by atoms with Crippen molar-refractivity contribution in [3.63, 3.8) is 0 Å². The van der Waals surface area contributed by atoms with Crippen molar-refractivity contribution < 1.29 is 9.53 Å². The molecular formula is C18H22N2O3. The zero-order chi connectivity index (χ0) is 17.0. The number of aryl methyl sites for hydroxylation is 1. The molecule has 0 saturated heterocycles. The van der Waals surface area contributed by atoms with Crippen molar-refractivity contribution in [2.75, 3.05) is 0 Å². The maximum absolute atomic E-state index is 11.6. The highest BCUT2D eigenvalue weighted by Crippen LogP contribution is 2.18. The van der Waals surface area contributed by atoms with Gasteiger partial charge in [0, 0.05) is 25.9 Å². The molecule has 0 fully saturated rings. The van der Waals surface area contributed by atoms with Gasteiger partial charge in [0.15, 0.2) is 0 Å². The van der Waals surface area contributed by atoms with Gasteiger partial charge < -0.3 is 14.6 Å². The van der Waals surface area contributed by atoms with Gasteiger partial charge in [0.05, 0.1) is 0 Å². The molecule has 0 bridgehead atoms. The Kier molecular flexibility index (Phi) is 4.89. The first kappa shape index (κ1) is 16.8. The van der Waals surface area contributed by atoms with Crippen LogP contribution in [0.4, 0.5) is 4.79 Å². The van der Waals surface area contributed by atoms with E-state index >= 15 is 0 Å². The smallest absolute Gasteiger partial charge is 0.407 e. The number of hydrogen-bond acceptors (Lipinski definition) is 3. The van der Waals surface area contributed by atoms with Crippen molar-refractivity contribution in [2.45, 2.75) is 32.9 Å². The van der Waals surface area contributed by atoms with Crippen LogP contribution in [0.1, 0.15) is 26.3 Å². The van der Waals surface area contributed by atoms with Gasteiger partial charge in [-0.25, -0.2) is 4.79 Å². The maximum Gasteiger partial charge on any atom is 0.407 e. The van der Waals surface area contributed by atoms with Crippen LogP contribution < -0.4 is 10.9 Å². The summed E-state index contributed by atoms with van der Waals surface area (Å²) in [6.45, 7) is 5.89. The standard InChI is InChI=1S/C18H22N2O3/c1-18(2,3)23-17(22)19-11-13-5-7-14(8-6-13)15-9-10-16(21)20(4)12-15/h5-10,12H,11H2,1-4H3,(H,19,22). The first-order valence-corrected chi connectivity index (χ1v) is 7.47. The summed E-state index contributed by atoms with van der Waals surface area (Å²) in [5.41, 5.74) is 2.42. The third-order valence-electron chi connectivity index (χ3n) is 3.21. The summed E-state index contributed by atoms with van der Waals surface area (Å²) in [5.74, 6) is 0. The average Bonchev–Trinajstić information content (AvgIpc) is 2.47. The number of ether oxygens (including phenoxy) is 1. The molecule has 2 rings (SSSR count).